The minimum absolute atomic E-state index is 0.113. The molecular formula is C25H34N2O3. The van der Waals surface area contributed by atoms with Crippen molar-refractivity contribution in [3.05, 3.63) is 64.7 Å². The molecule has 0 aliphatic heterocycles. The first-order chi connectivity index (χ1) is 14.2. The summed E-state index contributed by atoms with van der Waals surface area (Å²) in [7, 11) is 0. The average molecular weight is 411 g/mol. The van der Waals surface area contributed by atoms with Crippen LogP contribution in [0.3, 0.4) is 0 Å². The van der Waals surface area contributed by atoms with Gasteiger partial charge < -0.3 is 15.0 Å². The number of hydrogen-bond donors (Lipinski definition) is 1. The van der Waals surface area contributed by atoms with Crippen molar-refractivity contribution in [1.82, 2.24) is 10.2 Å². The molecule has 2 aromatic rings. The van der Waals surface area contributed by atoms with Crippen LogP contribution in [0.2, 0.25) is 0 Å². The number of nitrogens with one attached hydrogen (secondary N) is 1. The summed E-state index contributed by atoms with van der Waals surface area (Å²) in [6.45, 7) is 12.7. The maximum atomic E-state index is 13.1. The number of benzene rings is 2. The van der Waals surface area contributed by atoms with Gasteiger partial charge in [0, 0.05) is 13.1 Å². The minimum Gasteiger partial charge on any atom is -0.483 e. The summed E-state index contributed by atoms with van der Waals surface area (Å²) >= 11 is 0. The Labute approximate surface area is 180 Å². The largest absolute Gasteiger partial charge is 0.483 e. The molecule has 30 heavy (non-hydrogen) atoms. The van der Waals surface area contributed by atoms with Crippen LogP contribution in [0.1, 0.15) is 43.0 Å². The van der Waals surface area contributed by atoms with E-state index in [-0.39, 0.29) is 18.4 Å². The highest BCUT2D eigenvalue weighted by Crippen LogP contribution is 2.23. The molecule has 1 N–H and O–H groups in total. The van der Waals surface area contributed by atoms with E-state index in [0.29, 0.717) is 24.8 Å². The van der Waals surface area contributed by atoms with Gasteiger partial charge in [-0.05, 0) is 61.9 Å². The molecule has 0 saturated heterocycles. The van der Waals surface area contributed by atoms with Gasteiger partial charge in [-0.15, -0.1) is 0 Å². The van der Waals surface area contributed by atoms with Crippen LogP contribution in [0.5, 0.6) is 5.75 Å². The molecule has 2 amide bonds. The minimum atomic E-state index is -0.597. The third-order valence-corrected chi connectivity index (χ3v) is 5.16. The van der Waals surface area contributed by atoms with Crippen molar-refractivity contribution in [2.24, 2.45) is 5.92 Å². The van der Waals surface area contributed by atoms with Gasteiger partial charge >= 0.3 is 0 Å². The van der Waals surface area contributed by atoms with Gasteiger partial charge in [-0.3, -0.25) is 9.59 Å². The topological polar surface area (TPSA) is 58.6 Å². The second-order valence-electron chi connectivity index (χ2n) is 8.32. The van der Waals surface area contributed by atoms with Gasteiger partial charge in [0.1, 0.15) is 11.8 Å². The zero-order chi connectivity index (χ0) is 22.3. The maximum Gasteiger partial charge on any atom is 0.261 e. The van der Waals surface area contributed by atoms with E-state index < -0.39 is 6.04 Å². The molecule has 162 valence electrons. The van der Waals surface area contributed by atoms with Crippen molar-refractivity contribution >= 4 is 11.8 Å². The quantitative estimate of drug-likeness (QED) is 0.675. The van der Waals surface area contributed by atoms with E-state index in [1.807, 2.05) is 71.0 Å². The summed E-state index contributed by atoms with van der Waals surface area (Å²) < 4.78 is 5.88. The van der Waals surface area contributed by atoms with Gasteiger partial charge in [0.25, 0.3) is 5.91 Å². The smallest absolute Gasteiger partial charge is 0.261 e. The van der Waals surface area contributed by atoms with E-state index in [0.717, 1.165) is 22.3 Å². The summed E-state index contributed by atoms with van der Waals surface area (Å²) in [5.41, 5.74) is 4.20. The number of carbonyl (C=O) groups excluding carboxylic acids is 2. The number of rotatable bonds is 9. The fraction of sp³-hybridized carbons (Fsp3) is 0.440. The Kier molecular flexibility index (Phi) is 8.46. The average Bonchev–Trinajstić information content (AvgIpc) is 2.71. The molecule has 0 radical (unpaired) electrons. The van der Waals surface area contributed by atoms with Crippen LogP contribution >= 0.6 is 0 Å². The van der Waals surface area contributed by atoms with E-state index in [2.05, 4.69) is 11.4 Å². The van der Waals surface area contributed by atoms with Gasteiger partial charge in [0.2, 0.25) is 5.91 Å². The fourth-order valence-corrected chi connectivity index (χ4v) is 3.19. The van der Waals surface area contributed by atoms with Crippen LogP contribution in [0.15, 0.2) is 42.5 Å². The Morgan fingerprint density at radius 2 is 1.70 bits per heavy atom. The van der Waals surface area contributed by atoms with Crippen LogP contribution in [0, 0.1) is 26.7 Å². The van der Waals surface area contributed by atoms with Gasteiger partial charge in [-0.25, -0.2) is 0 Å². The summed E-state index contributed by atoms with van der Waals surface area (Å²) in [4.78, 5) is 27.3. The number of hydrogen-bond acceptors (Lipinski definition) is 3. The second kappa shape index (κ2) is 10.8. The summed E-state index contributed by atoms with van der Waals surface area (Å²) in [5.74, 6) is 0.674. The van der Waals surface area contributed by atoms with Crippen molar-refractivity contribution in [2.45, 2.75) is 54.1 Å². The van der Waals surface area contributed by atoms with E-state index in [9.17, 15) is 9.59 Å². The lowest BCUT2D eigenvalue weighted by molar-refractivity contribution is -0.142. The lowest BCUT2D eigenvalue weighted by Crippen LogP contribution is -2.49. The van der Waals surface area contributed by atoms with Gasteiger partial charge in [0.05, 0.1) is 0 Å². The SMILES string of the molecule is Cc1cc(C)c(C)c(OCC(=O)N(Cc2ccccc2)C(C)C(=O)NCC(C)C)c1. The fourth-order valence-electron chi connectivity index (χ4n) is 3.19. The number of carbonyl (C=O) groups is 2. The highest BCUT2D eigenvalue weighted by Gasteiger charge is 2.26. The predicted molar refractivity (Wildman–Crippen MR) is 120 cm³/mol. The third kappa shape index (κ3) is 6.61. The second-order valence-corrected chi connectivity index (χ2v) is 8.32. The van der Waals surface area contributed by atoms with Gasteiger partial charge in [-0.1, -0.05) is 50.2 Å². The molecule has 0 bridgehead atoms. The van der Waals surface area contributed by atoms with Crippen molar-refractivity contribution in [2.75, 3.05) is 13.2 Å². The van der Waals surface area contributed by atoms with Crippen LogP contribution in [0.25, 0.3) is 0 Å². The highest BCUT2D eigenvalue weighted by atomic mass is 16.5. The number of ether oxygens (including phenoxy) is 1. The van der Waals surface area contributed by atoms with Gasteiger partial charge in [0.15, 0.2) is 6.61 Å². The Balaban J connectivity index is 2.16. The Morgan fingerprint density at radius 3 is 2.33 bits per heavy atom. The lowest BCUT2D eigenvalue weighted by atomic mass is 10.1. The normalized spacial score (nSPS) is 11.8. The van der Waals surface area contributed by atoms with Crippen LogP contribution in [-0.2, 0) is 16.1 Å². The van der Waals surface area contributed by atoms with E-state index in [4.69, 9.17) is 4.74 Å². The molecule has 1 atom stereocenters. The van der Waals surface area contributed by atoms with E-state index in [1.165, 1.54) is 0 Å². The Bertz CT molecular complexity index is 862. The first kappa shape index (κ1) is 23.5. The molecule has 0 saturated carbocycles. The van der Waals surface area contributed by atoms with Crippen molar-refractivity contribution in [3.63, 3.8) is 0 Å². The first-order valence-electron chi connectivity index (χ1n) is 10.5. The molecule has 0 heterocycles. The summed E-state index contributed by atoms with van der Waals surface area (Å²) in [5, 5.41) is 2.93. The molecule has 5 heteroatoms. The van der Waals surface area contributed by atoms with E-state index in [1.54, 1.807) is 11.8 Å². The molecule has 2 aromatic carbocycles. The number of amides is 2. The lowest BCUT2D eigenvalue weighted by Gasteiger charge is -2.29. The highest BCUT2D eigenvalue weighted by molar-refractivity contribution is 5.88. The van der Waals surface area contributed by atoms with Crippen molar-refractivity contribution in [1.29, 1.82) is 0 Å². The molecule has 0 fully saturated rings. The van der Waals surface area contributed by atoms with Crippen LogP contribution < -0.4 is 10.1 Å². The number of nitrogens with zero attached hydrogens (tertiary/aromatic N) is 1. The molecule has 0 aliphatic carbocycles. The van der Waals surface area contributed by atoms with E-state index >= 15 is 0 Å². The maximum absolute atomic E-state index is 13.1. The first-order valence-corrected chi connectivity index (χ1v) is 10.5. The van der Waals surface area contributed by atoms with Crippen LogP contribution in [-0.4, -0.2) is 35.9 Å². The summed E-state index contributed by atoms with van der Waals surface area (Å²) in [6.07, 6.45) is 0. The molecule has 0 spiro atoms. The zero-order valence-electron chi connectivity index (χ0n) is 19.0. The Hall–Kier alpha value is -2.82. The molecular weight excluding hydrogens is 376 g/mol. The zero-order valence-corrected chi connectivity index (χ0v) is 19.0. The molecule has 1 unspecified atom stereocenters. The monoisotopic (exact) mass is 410 g/mol. The van der Waals surface area contributed by atoms with Crippen LogP contribution in [0.4, 0.5) is 0 Å². The Morgan fingerprint density at radius 1 is 1.03 bits per heavy atom. The van der Waals surface area contributed by atoms with Crippen molar-refractivity contribution < 1.29 is 14.3 Å². The number of aryl methyl sites for hydroxylation is 2. The standard InChI is InChI=1S/C25H34N2O3/c1-17(2)14-26-25(29)21(6)27(15-22-10-8-7-9-11-22)24(28)16-30-23-13-18(3)12-19(4)20(23)5/h7-13,17,21H,14-16H2,1-6H3,(H,26,29). The molecule has 2 rings (SSSR count). The molecule has 5 nitrogen and oxygen atoms in total. The predicted octanol–water partition coefficient (Wildman–Crippen LogP) is 4.18. The molecule has 0 aliphatic rings. The molecule has 0 aromatic heterocycles. The third-order valence-electron chi connectivity index (χ3n) is 5.16. The van der Waals surface area contributed by atoms with Gasteiger partial charge in [-0.2, -0.15) is 0 Å². The van der Waals surface area contributed by atoms with Crippen molar-refractivity contribution in [3.8, 4) is 5.75 Å². The summed E-state index contributed by atoms with van der Waals surface area (Å²) in [6, 6.07) is 13.1.